The number of hydrogen-bond acceptors (Lipinski definition) is 4. The van der Waals surface area contributed by atoms with E-state index in [1.807, 2.05) is 49.4 Å². The molecule has 0 aliphatic carbocycles. The SMILES string of the molecule is C=CCNc1nc(Nc2ccc(C)c(Cl)c2)nc2ccccc12. The van der Waals surface area contributed by atoms with Crippen molar-refractivity contribution in [3.8, 4) is 0 Å². The molecule has 0 aliphatic heterocycles. The van der Waals surface area contributed by atoms with Crippen LogP contribution in [-0.4, -0.2) is 16.5 Å². The number of rotatable bonds is 5. The third-order valence-electron chi connectivity index (χ3n) is 3.45. The number of nitrogens with zero attached hydrogens (tertiary/aromatic N) is 2. The van der Waals surface area contributed by atoms with Gasteiger partial charge in [-0.2, -0.15) is 4.98 Å². The lowest BCUT2D eigenvalue weighted by molar-refractivity contribution is 1.18. The highest BCUT2D eigenvalue weighted by atomic mass is 35.5. The van der Waals surface area contributed by atoms with E-state index >= 15 is 0 Å². The normalized spacial score (nSPS) is 10.5. The fourth-order valence-corrected chi connectivity index (χ4v) is 2.42. The van der Waals surface area contributed by atoms with Crippen LogP contribution in [0.2, 0.25) is 5.02 Å². The number of hydrogen-bond donors (Lipinski definition) is 2. The van der Waals surface area contributed by atoms with Crippen LogP contribution >= 0.6 is 11.6 Å². The van der Waals surface area contributed by atoms with Crippen molar-refractivity contribution < 1.29 is 0 Å². The molecule has 116 valence electrons. The Morgan fingerprint density at radius 3 is 2.78 bits per heavy atom. The number of halogens is 1. The Morgan fingerprint density at radius 2 is 2.00 bits per heavy atom. The van der Waals surface area contributed by atoms with Gasteiger partial charge in [0, 0.05) is 22.6 Å². The summed E-state index contributed by atoms with van der Waals surface area (Å²) in [5, 5.41) is 8.14. The minimum absolute atomic E-state index is 0.523. The van der Waals surface area contributed by atoms with Crippen molar-refractivity contribution in [2.45, 2.75) is 6.92 Å². The van der Waals surface area contributed by atoms with E-state index in [1.54, 1.807) is 6.08 Å². The van der Waals surface area contributed by atoms with Gasteiger partial charge in [0.2, 0.25) is 5.95 Å². The van der Waals surface area contributed by atoms with E-state index in [-0.39, 0.29) is 0 Å². The molecule has 0 saturated heterocycles. The molecule has 0 atom stereocenters. The molecule has 2 N–H and O–H groups in total. The number of aryl methyl sites for hydroxylation is 1. The predicted octanol–water partition coefficient (Wildman–Crippen LogP) is 4.93. The molecule has 1 aromatic heterocycles. The van der Waals surface area contributed by atoms with Gasteiger partial charge in [-0.05, 0) is 36.8 Å². The van der Waals surface area contributed by atoms with Crippen molar-refractivity contribution in [3.05, 3.63) is 65.7 Å². The molecular weight excluding hydrogens is 308 g/mol. The fraction of sp³-hybridized carbons (Fsp3) is 0.111. The van der Waals surface area contributed by atoms with E-state index in [1.165, 1.54) is 0 Å². The number of anilines is 3. The lowest BCUT2D eigenvalue weighted by Gasteiger charge is -2.11. The van der Waals surface area contributed by atoms with Gasteiger partial charge in [0.05, 0.1) is 5.52 Å². The van der Waals surface area contributed by atoms with Gasteiger partial charge in [0.15, 0.2) is 0 Å². The average Bonchev–Trinajstić information content (AvgIpc) is 2.56. The first-order valence-electron chi connectivity index (χ1n) is 7.32. The number of fused-ring (bicyclic) bond motifs is 1. The number of benzene rings is 2. The van der Waals surface area contributed by atoms with Crippen LogP contribution in [0, 0.1) is 6.92 Å². The third-order valence-corrected chi connectivity index (χ3v) is 3.85. The molecule has 0 fully saturated rings. The fourth-order valence-electron chi connectivity index (χ4n) is 2.24. The first kappa shape index (κ1) is 15.3. The highest BCUT2D eigenvalue weighted by Gasteiger charge is 2.07. The van der Waals surface area contributed by atoms with Gasteiger partial charge in [0.1, 0.15) is 5.82 Å². The molecule has 0 saturated carbocycles. The molecule has 0 unspecified atom stereocenters. The molecule has 0 spiro atoms. The van der Waals surface area contributed by atoms with Crippen LogP contribution in [-0.2, 0) is 0 Å². The standard InChI is InChI=1S/C18H17ClN4/c1-3-10-20-17-14-6-4-5-7-16(14)22-18(23-17)21-13-9-8-12(2)15(19)11-13/h3-9,11H,1,10H2,2H3,(H2,20,21,22,23). The third kappa shape index (κ3) is 3.43. The average molecular weight is 325 g/mol. The van der Waals surface area contributed by atoms with Crippen molar-refractivity contribution in [2.75, 3.05) is 17.2 Å². The van der Waals surface area contributed by atoms with Crippen LogP contribution < -0.4 is 10.6 Å². The zero-order valence-corrected chi connectivity index (χ0v) is 13.6. The summed E-state index contributed by atoms with van der Waals surface area (Å²) in [5.41, 5.74) is 2.75. The lowest BCUT2D eigenvalue weighted by Crippen LogP contribution is -2.05. The Morgan fingerprint density at radius 1 is 1.17 bits per heavy atom. The molecule has 0 amide bonds. The second kappa shape index (κ2) is 6.67. The Hall–Kier alpha value is -2.59. The highest BCUT2D eigenvalue weighted by molar-refractivity contribution is 6.31. The molecule has 3 rings (SSSR count). The summed E-state index contributed by atoms with van der Waals surface area (Å²) in [7, 11) is 0. The summed E-state index contributed by atoms with van der Waals surface area (Å²) in [4.78, 5) is 9.12. The smallest absolute Gasteiger partial charge is 0.229 e. The van der Waals surface area contributed by atoms with E-state index < -0.39 is 0 Å². The summed E-state index contributed by atoms with van der Waals surface area (Å²) < 4.78 is 0. The Kier molecular flexibility index (Phi) is 4.44. The van der Waals surface area contributed by atoms with Crippen molar-refractivity contribution >= 4 is 40.0 Å². The van der Waals surface area contributed by atoms with E-state index in [2.05, 4.69) is 27.2 Å². The highest BCUT2D eigenvalue weighted by Crippen LogP contribution is 2.25. The zero-order valence-electron chi connectivity index (χ0n) is 12.8. The number of aromatic nitrogens is 2. The predicted molar refractivity (Wildman–Crippen MR) is 97.7 cm³/mol. The van der Waals surface area contributed by atoms with Crippen LogP contribution in [0.25, 0.3) is 10.9 Å². The maximum atomic E-state index is 6.17. The van der Waals surface area contributed by atoms with Gasteiger partial charge < -0.3 is 10.6 Å². The van der Waals surface area contributed by atoms with Gasteiger partial charge in [-0.25, -0.2) is 4.98 Å². The second-order valence-electron chi connectivity index (χ2n) is 5.17. The summed E-state index contributed by atoms with van der Waals surface area (Å²) >= 11 is 6.17. The minimum Gasteiger partial charge on any atom is -0.366 e. The van der Waals surface area contributed by atoms with Crippen molar-refractivity contribution in [3.63, 3.8) is 0 Å². The van der Waals surface area contributed by atoms with Crippen molar-refractivity contribution in [2.24, 2.45) is 0 Å². The summed E-state index contributed by atoms with van der Waals surface area (Å²) in [6.07, 6.45) is 1.80. The Labute approximate surface area is 140 Å². The van der Waals surface area contributed by atoms with Crippen molar-refractivity contribution in [1.29, 1.82) is 0 Å². The molecule has 3 aromatic rings. The minimum atomic E-state index is 0.523. The van der Waals surface area contributed by atoms with E-state index in [0.717, 1.165) is 28.0 Å². The monoisotopic (exact) mass is 324 g/mol. The zero-order chi connectivity index (χ0) is 16.2. The Balaban J connectivity index is 1.99. The summed E-state index contributed by atoms with van der Waals surface area (Å²) in [6.45, 7) is 6.33. The first-order chi connectivity index (χ1) is 11.2. The molecule has 2 aromatic carbocycles. The summed E-state index contributed by atoms with van der Waals surface area (Å²) in [6, 6.07) is 13.7. The molecule has 0 radical (unpaired) electrons. The maximum Gasteiger partial charge on any atom is 0.229 e. The van der Waals surface area contributed by atoms with E-state index in [9.17, 15) is 0 Å². The van der Waals surface area contributed by atoms with Crippen LogP contribution in [0.5, 0.6) is 0 Å². The van der Waals surface area contributed by atoms with Crippen LogP contribution in [0.1, 0.15) is 5.56 Å². The van der Waals surface area contributed by atoms with Crippen LogP contribution in [0.15, 0.2) is 55.1 Å². The summed E-state index contributed by atoms with van der Waals surface area (Å²) in [5.74, 6) is 1.30. The van der Waals surface area contributed by atoms with Gasteiger partial charge >= 0.3 is 0 Å². The maximum absolute atomic E-state index is 6.17. The Bertz CT molecular complexity index is 861. The second-order valence-corrected chi connectivity index (χ2v) is 5.58. The molecule has 0 bridgehead atoms. The van der Waals surface area contributed by atoms with Gasteiger partial charge in [0.25, 0.3) is 0 Å². The van der Waals surface area contributed by atoms with E-state index in [4.69, 9.17) is 11.6 Å². The molecule has 0 aliphatic rings. The number of nitrogens with one attached hydrogen (secondary N) is 2. The number of para-hydroxylation sites is 1. The van der Waals surface area contributed by atoms with Crippen LogP contribution in [0.3, 0.4) is 0 Å². The van der Waals surface area contributed by atoms with Crippen LogP contribution in [0.4, 0.5) is 17.5 Å². The quantitative estimate of drug-likeness (QED) is 0.653. The molecule has 1 heterocycles. The van der Waals surface area contributed by atoms with Gasteiger partial charge in [-0.3, -0.25) is 0 Å². The first-order valence-corrected chi connectivity index (χ1v) is 7.70. The van der Waals surface area contributed by atoms with Gasteiger partial charge in [-0.15, -0.1) is 6.58 Å². The van der Waals surface area contributed by atoms with Crippen molar-refractivity contribution in [1.82, 2.24) is 9.97 Å². The van der Waals surface area contributed by atoms with E-state index in [0.29, 0.717) is 17.5 Å². The molecule has 23 heavy (non-hydrogen) atoms. The lowest BCUT2D eigenvalue weighted by atomic mass is 10.2. The molecule has 5 heteroatoms. The topological polar surface area (TPSA) is 49.8 Å². The molecule has 4 nitrogen and oxygen atoms in total. The van der Waals surface area contributed by atoms with Gasteiger partial charge in [-0.1, -0.05) is 35.9 Å². The molecular formula is C18H17ClN4. The largest absolute Gasteiger partial charge is 0.366 e.